The van der Waals surface area contributed by atoms with E-state index < -0.39 is 6.10 Å². The highest BCUT2D eigenvalue weighted by Gasteiger charge is 2.14. The van der Waals surface area contributed by atoms with Crippen LogP contribution in [0, 0.1) is 6.92 Å². The standard InChI is InChI=1S/C10H11N3O2/c1-6-8(13-10(15)12-6)9(14)7-2-4-11-5-3-7/h2-5,9,14H,1H3,(H2,12,13,15). The molecule has 5 heteroatoms. The lowest BCUT2D eigenvalue weighted by molar-refractivity contribution is 0.215. The Morgan fingerprint density at radius 2 is 2.00 bits per heavy atom. The molecule has 15 heavy (non-hydrogen) atoms. The second kappa shape index (κ2) is 3.70. The zero-order valence-electron chi connectivity index (χ0n) is 8.19. The molecule has 2 aromatic heterocycles. The molecule has 78 valence electrons. The predicted octanol–water partition coefficient (Wildman–Crippen LogP) is 0.488. The SMILES string of the molecule is Cc1[nH]c(=O)[nH]c1C(O)c1ccncc1. The number of nitrogens with one attached hydrogen (secondary N) is 2. The van der Waals surface area contributed by atoms with Gasteiger partial charge in [-0.1, -0.05) is 0 Å². The van der Waals surface area contributed by atoms with Crippen molar-refractivity contribution in [3.8, 4) is 0 Å². The molecule has 0 aliphatic heterocycles. The van der Waals surface area contributed by atoms with Crippen LogP contribution in [0.4, 0.5) is 0 Å². The smallest absolute Gasteiger partial charge is 0.323 e. The van der Waals surface area contributed by atoms with Gasteiger partial charge < -0.3 is 15.1 Å². The molecule has 5 nitrogen and oxygen atoms in total. The van der Waals surface area contributed by atoms with E-state index in [1.165, 1.54) is 0 Å². The van der Waals surface area contributed by atoms with Crippen molar-refractivity contribution in [2.45, 2.75) is 13.0 Å². The molecular formula is C10H11N3O2. The van der Waals surface area contributed by atoms with Gasteiger partial charge in [-0.3, -0.25) is 4.98 Å². The molecule has 0 spiro atoms. The molecule has 2 aromatic rings. The molecular weight excluding hydrogens is 194 g/mol. The molecule has 2 heterocycles. The molecule has 2 rings (SSSR count). The van der Waals surface area contributed by atoms with Gasteiger partial charge in [0.1, 0.15) is 6.10 Å². The third kappa shape index (κ3) is 1.82. The molecule has 1 unspecified atom stereocenters. The number of aromatic nitrogens is 3. The summed E-state index contributed by atoms with van der Waals surface area (Å²) in [7, 11) is 0. The fourth-order valence-electron chi connectivity index (χ4n) is 1.47. The summed E-state index contributed by atoms with van der Waals surface area (Å²) in [6.07, 6.45) is 2.36. The fraction of sp³-hybridized carbons (Fsp3) is 0.200. The summed E-state index contributed by atoms with van der Waals surface area (Å²) in [4.78, 5) is 20.0. The van der Waals surface area contributed by atoms with Crippen LogP contribution in [0.1, 0.15) is 23.1 Å². The fourth-order valence-corrected chi connectivity index (χ4v) is 1.47. The van der Waals surface area contributed by atoms with Gasteiger partial charge in [-0.25, -0.2) is 4.79 Å². The Hall–Kier alpha value is -1.88. The maximum Gasteiger partial charge on any atom is 0.323 e. The van der Waals surface area contributed by atoms with E-state index in [0.717, 1.165) is 0 Å². The van der Waals surface area contributed by atoms with Crippen molar-refractivity contribution >= 4 is 0 Å². The first kappa shape index (κ1) is 9.67. The molecule has 0 bridgehead atoms. The Labute approximate surface area is 85.8 Å². The summed E-state index contributed by atoms with van der Waals surface area (Å²) in [5.74, 6) is 0. The van der Waals surface area contributed by atoms with E-state index in [0.29, 0.717) is 17.0 Å². The second-order valence-corrected chi connectivity index (χ2v) is 3.30. The number of hydrogen-bond donors (Lipinski definition) is 3. The molecule has 0 aliphatic carbocycles. The lowest BCUT2D eigenvalue weighted by Gasteiger charge is -2.09. The number of hydrogen-bond acceptors (Lipinski definition) is 3. The third-order valence-electron chi connectivity index (χ3n) is 2.25. The van der Waals surface area contributed by atoms with Crippen LogP contribution in [-0.2, 0) is 0 Å². The summed E-state index contributed by atoms with van der Waals surface area (Å²) >= 11 is 0. The number of aromatic amines is 2. The van der Waals surface area contributed by atoms with Crippen molar-refractivity contribution in [1.82, 2.24) is 15.0 Å². The minimum absolute atomic E-state index is 0.310. The van der Waals surface area contributed by atoms with E-state index in [2.05, 4.69) is 15.0 Å². The molecule has 1 atom stereocenters. The van der Waals surface area contributed by atoms with Gasteiger partial charge in [-0.2, -0.15) is 0 Å². The number of H-pyrrole nitrogens is 2. The van der Waals surface area contributed by atoms with Crippen molar-refractivity contribution in [3.05, 3.63) is 52.0 Å². The maximum absolute atomic E-state index is 11.0. The van der Waals surface area contributed by atoms with Crippen molar-refractivity contribution in [3.63, 3.8) is 0 Å². The monoisotopic (exact) mass is 205 g/mol. The van der Waals surface area contributed by atoms with Crippen LogP contribution in [0.25, 0.3) is 0 Å². The van der Waals surface area contributed by atoms with Crippen LogP contribution in [0.2, 0.25) is 0 Å². The average molecular weight is 205 g/mol. The number of pyridine rings is 1. The molecule has 0 radical (unpaired) electrons. The van der Waals surface area contributed by atoms with Gasteiger partial charge in [0.15, 0.2) is 0 Å². The lowest BCUT2D eigenvalue weighted by Crippen LogP contribution is -2.05. The van der Waals surface area contributed by atoms with Crippen LogP contribution >= 0.6 is 0 Å². The first-order valence-corrected chi connectivity index (χ1v) is 4.55. The van der Waals surface area contributed by atoms with Gasteiger partial charge in [-0.05, 0) is 24.6 Å². The van der Waals surface area contributed by atoms with E-state index in [4.69, 9.17) is 0 Å². The highest BCUT2D eigenvalue weighted by molar-refractivity contribution is 5.25. The van der Waals surface area contributed by atoms with E-state index >= 15 is 0 Å². The largest absolute Gasteiger partial charge is 0.382 e. The zero-order valence-corrected chi connectivity index (χ0v) is 8.19. The van der Waals surface area contributed by atoms with Crippen LogP contribution in [0.15, 0.2) is 29.3 Å². The van der Waals surface area contributed by atoms with Gasteiger partial charge >= 0.3 is 5.69 Å². The average Bonchev–Trinajstić information content (AvgIpc) is 2.58. The number of aliphatic hydroxyl groups is 1. The van der Waals surface area contributed by atoms with Gasteiger partial charge in [0.25, 0.3) is 0 Å². The number of aliphatic hydroxyl groups excluding tert-OH is 1. The van der Waals surface area contributed by atoms with Crippen molar-refractivity contribution in [2.24, 2.45) is 0 Å². The number of rotatable bonds is 2. The summed E-state index contributed by atoms with van der Waals surface area (Å²) in [6, 6.07) is 3.41. The first-order chi connectivity index (χ1) is 7.18. The molecule has 0 aromatic carbocycles. The molecule has 0 saturated carbocycles. The number of nitrogens with zero attached hydrogens (tertiary/aromatic N) is 1. The van der Waals surface area contributed by atoms with Gasteiger partial charge in [-0.15, -0.1) is 0 Å². The molecule has 0 amide bonds. The Kier molecular flexibility index (Phi) is 2.39. The van der Waals surface area contributed by atoms with Gasteiger partial charge in [0.05, 0.1) is 5.69 Å². The molecule has 0 saturated heterocycles. The van der Waals surface area contributed by atoms with Crippen LogP contribution in [0.3, 0.4) is 0 Å². The Morgan fingerprint density at radius 1 is 1.33 bits per heavy atom. The predicted molar refractivity (Wildman–Crippen MR) is 54.4 cm³/mol. The Balaban J connectivity index is 2.41. The maximum atomic E-state index is 11.0. The zero-order chi connectivity index (χ0) is 10.8. The van der Waals surface area contributed by atoms with Crippen molar-refractivity contribution < 1.29 is 5.11 Å². The summed E-state index contributed by atoms with van der Waals surface area (Å²) in [5, 5.41) is 9.97. The van der Waals surface area contributed by atoms with Gasteiger partial charge in [0.2, 0.25) is 0 Å². The Bertz CT molecular complexity index is 501. The normalized spacial score (nSPS) is 12.7. The van der Waals surface area contributed by atoms with E-state index in [-0.39, 0.29) is 5.69 Å². The third-order valence-corrected chi connectivity index (χ3v) is 2.25. The topological polar surface area (TPSA) is 81.8 Å². The summed E-state index contributed by atoms with van der Waals surface area (Å²) < 4.78 is 0. The van der Waals surface area contributed by atoms with Crippen LogP contribution < -0.4 is 5.69 Å². The van der Waals surface area contributed by atoms with E-state index in [1.807, 2.05) is 0 Å². The van der Waals surface area contributed by atoms with Crippen LogP contribution in [0.5, 0.6) is 0 Å². The molecule has 0 aliphatic rings. The van der Waals surface area contributed by atoms with Gasteiger partial charge in [0, 0.05) is 18.1 Å². The first-order valence-electron chi connectivity index (χ1n) is 4.55. The minimum atomic E-state index is -0.827. The molecule has 0 fully saturated rings. The molecule has 3 N–H and O–H groups in total. The van der Waals surface area contributed by atoms with Crippen molar-refractivity contribution in [1.29, 1.82) is 0 Å². The highest BCUT2D eigenvalue weighted by atomic mass is 16.3. The Morgan fingerprint density at radius 3 is 2.53 bits per heavy atom. The second-order valence-electron chi connectivity index (χ2n) is 3.30. The minimum Gasteiger partial charge on any atom is -0.382 e. The highest BCUT2D eigenvalue weighted by Crippen LogP contribution is 2.19. The van der Waals surface area contributed by atoms with E-state index in [9.17, 15) is 9.90 Å². The quantitative estimate of drug-likeness (QED) is 0.667. The summed E-state index contributed by atoms with van der Waals surface area (Å²) in [6.45, 7) is 1.73. The summed E-state index contributed by atoms with van der Waals surface area (Å²) in [5.41, 5.74) is 1.52. The number of imidazole rings is 1. The van der Waals surface area contributed by atoms with Crippen LogP contribution in [-0.4, -0.2) is 20.1 Å². The lowest BCUT2D eigenvalue weighted by atomic mass is 10.1. The van der Waals surface area contributed by atoms with E-state index in [1.54, 1.807) is 31.5 Å². The van der Waals surface area contributed by atoms with Crippen molar-refractivity contribution in [2.75, 3.05) is 0 Å². The number of aryl methyl sites for hydroxylation is 1.